The van der Waals surface area contributed by atoms with Gasteiger partial charge in [-0.15, -0.1) is 23.2 Å². The molecule has 0 aromatic rings. The third-order valence-electron chi connectivity index (χ3n) is 1.95. The summed E-state index contributed by atoms with van der Waals surface area (Å²) < 4.78 is 9.51. The van der Waals surface area contributed by atoms with Gasteiger partial charge in [-0.1, -0.05) is 35.4 Å². The average Bonchev–Trinajstić information content (AvgIpc) is 2.48. The zero-order valence-corrected chi connectivity index (χ0v) is 14.6. The molecule has 0 atom stereocenters. The lowest BCUT2D eigenvalue weighted by Gasteiger charge is -2.08. The van der Waals surface area contributed by atoms with Gasteiger partial charge < -0.3 is 20.1 Å². The number of hydrogen-bond donors (Lipinski definition) is 2. The molecule has 6 nitrogen and oxygen atoms in total. The Hall–Kier alpha value is -0.820. The number of alkyl carbamates (subject to hydrolysis) is 2. The Kier molecular flexibility index (Phi) is 13.3. The molecule has 0 saturated carbocycles. The van der Waals surface area contributed by atoms with Crippen LogP contribution in [0.1, 0.15) is 0 Å². The fraction of sp³-hybridized carbons (Fsp3) is 0.500. The molecule has 0 radical (unpaired) electrons. The molecule has 0 spiro atoms. The summed E-state index contributed by atoms with van der Waals surface area (Å²) in [5.41, 5.74) is 0. The molecule has 0 aliphatic carbocycles. The number of alkyl halides is 2. The highest BCUT2D eigenvalue weighted by atomic mass is 35.5. The second-order valence-corrected chi connectivity index (χ2v) is 5.18. The number of hydrogen-bond acceptors (Lipinski definition) is 4. The highest BCUT2D eigenvalue weighted by molar-refractivity contribution is 6.31. The first-order valence-corrected chi connectivity index (χ1v) is 7.94. The molecule has 0 aromatic heterocycles. The lowest BCUT2D eigenvalue weighted by Crippen LogP contribution is -2.29. The van der Waals surface area contributed by atoms with Crippen LogP contribution in [0.2, 0.25) is 0 Å². The van der Waals surface area contributed by atoms with Crippen molar-refractivity contribution in [2.45, 2.75) is 0 Å². The van der Waals surface area contributed by atoms with Crippen LogP contribution in [0.15, 0.2) is 22.2 Å². The van der Waals surface area contributed by atoms with Crippen LogP contribution in [0.3, 0.4) is 0 Å². The first kappa shape index (κ1) is 21.2. The molecule has 0 bridgehead atoms. The van der Waals surface area contributed by atoms with Crippen molar-refractivity contribution in [2.24, 2.45) is 0 Å². The molecule has 0 fully saturated rings. The van der Waals surface area contributed by atoms with Gasteiger partial charge in [0.25, 0.3) is 0 Å². The van der Waals surface area contributed by atoms with Crippen molar-refractivity contribution >= 4 is 58.6 Å². The number of halogens is 4. The summed E-state index contributed by atoms with van der Waals surface area (Å²) in [6.07, 6.45) is 1.72. The molecule has 126 valence electrons. The van der Waals surface area contributed by atoms with Crippen LogP contribution in [-0.2, 0) is 9.47 Å². The second kappa shape index (κ2) is 13.8. The Labute approximate surface area is 148 Å². The maximum absolute atomic E-state index is 11.2. The van der Waals surface area contributed by atoms with Crippen molar-refractivity contribution in [2.75, 3.05) is 38.1 Å². The SMILES string of the molecule is O=C(NC/C(Cl)=C/CCl)OCCOC(=O)NC/C(Cl)=C/CCl. The summed E-state index contributed by atoms with van der Waals surface area (Å²) in [6.45, 7) is 0.0302. The van der Waals surface area contributed by atoms with Crippen molar-refractivity contribution < 1.29 is 19.1 Å². The Bertz CT molecular complexity index is 378. The third kappa shape index (κ3) is 12.9. The molecule has 0 saturated heterocycles. The summed E-state index contributed by atoms with van der Waals surface area (Å²) in [7, 11) is 0. The van der Waals surface area contributed by atoms with Crippen LogP contribution in [0.25, 0.3) is 0 Å². The van der Waals surface area contributed by atoms with E-state index in [9.17, 15) is 9.59 Å². The van der Waals surface area contributed by atoms with E-state index < -0.39 is 12.2 Å². The van der Waals surface area contributed by atoms with Gasteiger partial charge in [0.15, 0.2) is 0 Å². The normalized spacial score (nSPS) is 11.8. The average molecular weight is 394 g/mol. The predicted octanol–water partition coefficient (Wildman–Crippen LogP) is 3.16. The van der Waals surface area contributed by atoms with Crippen molar-refractivity contribution in [3.05, 3.63) is 22.2 Å². The number of carbonyl (C=O) groups is 2. The lowest BCUT2D eigenvalue weighted by atomic mass is 10.5. The quantitative estimate of drug-likeness (QED) is 0.466. The predicted molar refractivity (Wildman–Crippen MR) is 88.0 cm³/mol. The first-order valence-electron chi connectivity index (χ1n) is 6.11. The van der Waals surface area contributed by atoms with Crippen LogP contribution >= 0.6 is 46.4 Å². The topological polar surface area (TPSA) is 76.7 Å². The molecule has 2 amide bonds. The Morgan fingerprint density at radius 2 is 1.18 bits per heavy atom. The second-order valence-electron chi connectivity index (χ2n) is 3.59. The minimum Gasteiger partial charge on any atom is -0.446 e. The van der Waals surface area contributed by atoms with Gasteiger partial charge in [-0.05, 0) is 0 Å². The third-order valence-corrected chi connectivity index (χ3v) is 2.83. The standard InChI is InChI=1S/C12H16Cl4N2O4/c13-3-1-9(15)7-17-11(19)21-5-6-22-12(20)18-8-10(16)2-4-14/h1-2H,3-8H2,(H,17,19)(H,18,20)/b9-1-,10-2-. The molecule has 0 heterocycles. The number of amides is 2. The van der Waals surface area contributed by atoms with E-state index in [2.05, 4.69) is 10.6 Å². The number of nitrogens with one attached hydrogen (secondary N) is 2. The number of rotatable bonds is 9. The summed E-state index contributed by atoms with van der Waals surface area (Å²) in [5, 5.41) is 5.58. The fourth-order valence-electron chi connectivity index (χ4n) is 0.996. The van der Waals surface area contributed by atoms with Crippen molar-refractivity contribution in [1.82, 2.24) is 10.6 Å². The van der Waals surface area contributed by atoms with Crippen LogP contribution < -0.4 is 10.6 Å². The Morgan fingerprint density at radius 3 is 1.50 bits per heavy atom. The molecule has 0 aliphatic rings. The molecule has 10 heteroatoms. The summed E-state index contributed by atoms with van der Waals surface area (Å²) in [6, 6.07) is 0. The number of allylic oxidation sites excluding steroid dienone is 2. The van der Waals surface area contributed by atoms with Gasteiger partial charge in [0.1, 0.15) is 13.2 Å². The molecule has 2 N–H and O–H groups in total. The first-order chi connectivity index (χ1) is 10.5. The van der Waals surface area contributed by atoms with Gasteiger partial charge in [-0.3, -0.25) is 0 Å². The van der Waals surface area contributed by atoms with Crippen LogP contribution in [0.5, 0.6) is 0 Å². The van der Waals surface area contributed by atoms with Crippen LogP contribution in [0, 0.1) is 0 Å². The Balaban J connectivity index is 3.67. The molecule has 22 heavy (non-hydrogen) atoms. The Morgan fingerprint density at radius 1 is 0.818 bits per heavy atom. The number of carbonyl (C=O) groups excluding carboxylic acids is 2. The van der Waals surface area contributed by atoms with Gasteiger partial charge in [-0.2, -0.15) is 0 Å². The maximum Gasteiger partial charge on any atom is 0.407 e. The highest BCUT2D eigenvalue weighted by Crippen LogP contribution is 2.00. The van der Waals surface area contributed by atoms with E-state index in [1.807, 2.05) is 0 Å². The summed E-state index contributed by atoms with van der Waals surface area (Å²) >= 11 is 22.3. The van der Waals surface area contributed by atoms with Gasteiger partial charge in [0.2, 0.25) is 0 Å². The van der Waals surface area contributed by atoms with E-state index in [1.54, 1.807) is 12.2 Å². The van der Waals surface area contributed by atoms with Crippen molar-refractivity contribution in [1.29, 1.82) is 0 Å². The minimum absolute atomic E-state index is 0.0959. The summed E-state index contributed by atoms with van der Waals surface area (Å²) in [4.78, 5) is 22.5. The maximum atomic E-state index is 11.2. The molecule has 0 aliphatic heterocycles. The van der Waals surface area contributed by atoms with Crippen molar-refractivity contribution in [3.8, 4) is 0 Å². The fourth-order valence-corrected chi connectivity index (χ4v) is 1.81. The molecule has 0 aromatic carbocycles. The zero-order chi connectivity index (χ0) is 16.8. The molecule has 0 rings (SSSR count). The van der Waals surface area contributed by atoms with E-state index in [4.69, 9.17) is 55.9 Å². The lowest BCUT2D eigenvalue weighted by molar-refractivity contribution is 0.0966. The van der Waals surface area contributed by atoms with Crippen molar-refractivity contribution in [3.63, 3.8) is 0 Å². The summed E-state index contributed by atoms with van der Waals surface area (Å²) in [5.74, 6) is 0.505. The van der Waals surface area contributed by atoms with E-state index in [0.717, 1.165) is 0 Å². The van der Waals surface area contributed by atoms with E-state index >= 15 is 0 Å². The van der Waals surface area contributed by atoms with Gasteiger partial charge >= 0.3 is 12.2 Å². The van der Waals surface area contributed by atoms with Crippen LogP contribution in [-0.4, -0.2) is 50.2 Å². The number of ether oxygens (including phenoxy) is 2. The zero-order valence-electron chi connectivity index (χ0n) is 11.5. The molecule has 0 unspecified atom stereocenters. The van der Waals surface area contributed by atoms with Gasteiger partial charge in [-0.25, -0.2) is 9.59 Å². The monoisotopic (exact) mass is 392 g/mol. The molecular formula is C12H16Cl4N2O4. The van der Waals surface area contributed by atoms with Gasteiger partial charge in [0.05, 0.1) is 13.1 Å². The smallest absolute Gasteiger partial charge is 0.407 e. The minimum atomic E-state index is -0.682. The van der Waals surface area contributed by atoms with E-state index in [-0.39, 0.29) is 38.1 Å². The van der Waals surface area contributed by atoms with Gasteiger partial charge in [0, 0.05) is 21.8 Å². The van der Waals surface area contributed by atoms with Crippen LogP contribution in [0.4, 0.5) is 9.59 Å². The van der Waals surface area contributed by atoms with E-state index in [0.29, 0.717) is 10.1 Å². The largest absolute Gasteiger partial charge is 0.446 e. The molecular weight excluding hydrogens is 378 g/mol. The highest BCUT2D eigenvalue weighted by Gasteiger charge is 2.05. The van der Waals surface area contributed by atoms with E-state index in [1.165, 1.54) is 0 Å².